The standard InChI is InChI=1S/C11H16N2O2/c1-3-15-11(14)8(2)9-4-6-10(13-12)7-5-9/h4-8,13H,3,12H2,1-2H3. The van der Waals surface area contributed by atoms with Crippen molar-refractivity contribution in [1.82, 2.24) is 0 Å². The van der Waals surface area contributed by atoms with E-state index in [2.05, 4.69) is 5.43 Å². The third-order valence-electron chi connectivity index (χ3n) is 2.22. The molecule has 1 atom stereocenters. The zero-order valence-electron chi connectivity index (χ0n) is 8.99. The van der Waals surface area contributed by atoms with E-state index in [1.165, 1.54) is 0 Å². The van der Waals surface area contributed by atoms with Crippen LogP contribution in [-0.4, -0.2) is 12.6 Å². The maximum Gasteiger partial charge on any atom is 0.313 e. The van der Waals surface area contributed by atoms with Gasteiger partial charge >= 0.3 is 5.97 Å². The predicted octanol–water partition coefficient (Wildman–Crippen LogP) is 1.64. The molecule has 15 heavy (non-hydrogen) atoms. The normalized spacial score (nSPS) is 11.9. The Balaban J connectivity index is 2.73. The second-order valence-electron chi connectivity index (χ2n) is 3.24. The first-order valence-corrected chi connectivity index (χ1v) is 4.92. The van der Waals surface area contributed by atoms with Gasteiger partial charge in [0.05, 0.1) is 12.5 Å². The summed E-state index contributed by atoms with van der Waals surface area (Å²) >= 11 is 0. The Morgan fingerprint density at radius 1 is 1.47 bits per heavy atom. The van der Waals surface area contributed by atoms with Crippen LogP contribution >= 0.6 is 0 Å². The molecule has 0 bridgehead atoms. The van der Waals surface area contributed by atoms with Crippen molar-refractivity contribution in [1.29, 1.82) is 0 Å². The first kappa shape index (κ1) is 11.5. The van der Waals surface area contributed by atoms with Gasteiger partial charge in [0.2, 0.25) is 0 Å². The Kier molecular flexibility index (Phi) is 4.12. The Bertz CT molecular complexity index is 322. The molecule has 3 N–H and O–H groups in total. The second kappa shape index (κ2) is 5.36. The van der Waals surface area contributed by atoms with E-state index in [0.717, 1.165) is 11.3 Å². The Labute approximate surface area is 89.4 Å². The van der Waals surface area contributed by atoms with Crippen LogP contribution in [-0.2, 0) is 9.53 Å². The molecule has 0 fully saturated rings. The monoisotopic (exact) mass is 208 g/mol. The minimum atomic E-state index is -0.239. The molecule has 0 radical (unpaired) electrons. The van der Waals surface area contributed by atoms with Crippen molar-refractivity contribution in [3.8, 4) is 0 Å². The molecule has 0 saturated carbocycles. The number of hydrogen-bond acceptors (Lipinski definition) is 4. The number of hydrazine groups is 1. The van der Waals surface area contributed by atoms with Gasteiger partial charge in [-0.1, -0.05) is 12.1 Å². The van der Waals surface area contributed by atoms with E-state index in [9.17, 15) is 4.79 Å². The van der Waals surface area contributed by atoms with E-state index >= 15 is 0 Å². The third kappa shape index (κ3) is 2.95. The molecule has 0 saturated heterocycles. The molecule has 0 heterocycles. The number of benzene rings is 1. The highest BCUT2D eigenvalue weighted by molar-refractivity contribution is 5.77. The molecule has 4 heteroatoms. The SMILES string of the molecule is CCOC(=O)C(C)c1ccc(NN)cc1. The fourth-order valence-corrected chi connectivity index (χ4v) is 1.27. The van der Waals surface area contributed by atoms with E-state index in [0.29, 0.717) is 6.61 Å². The second-order valence-corrected chi connectivity index (χ2v) is 3.24. The number of nitrogen functional groups attached to an aromatic ring is 1. The zero-order chi connectivity index (χ0) is 11.3. The third-order valence-corrected chi connectivity index (χ3v) is 2.22. The highest BCUT2D eigenvalue weighted by atomic mass is 16.5. The van der Waals surface area contributed by atoms with Gasteiger partial charge in [0.1, 0.15) is 0 Å². The topological polar surface area (TPSA) is 64.3 Å². The lowest BCUT2D eigenvalue weighted by Crippen LogP contribution is -2.13. The van der Waals surface area contributed by atoms with Crippen LogP contribution in [0.3, 0.4) is 0 Å². The molecule has 0 aliphatic rings. The zero-order valence-corrected chi connectivity index (χ0v) is 8.99. The van der Waals surface area contributed by atoms with Gasteiger partial charge in [-0.25, -0.2) is 0 Å². The molecular weight excluding hydrogens is 192 g/mol. The first-order chi connectivity index (χ1) is 7.19. The van der Waals surface area contributed by atoms with Gasteiger partial charge in [0.15, 0.2) is 0 Å². The molecule has 0 aliphatic heterocycles. The number of anilines is 1. The Morgan fingerprint density at radius 2 is 2.07 bits per heavy atom. The van der Waals surface area contributed by atoms with Crippen LogP contribution in [0.15, 0.2) is 24.3 Å². The maximum atomic E-state index is 11.4. The summed E-state index contributed by atoms with van der Waals surface area (Å²) in [6, 6.07) is 7.36. The lowest BCUT2D eigenvalue weighted by molar-refractivity contribution is -0.144. The predicted molar refractivity (Wildman–Crippen MR) is 59.3 cm³/mol. The van der Waals surface area contributed by atoms with Gasteiger partial charge in [-0.3, -0.25) is 10.6 Å². The van der Waals surface area contributed by atoms with Crippen molar-refractivity contribution in [2.75, 3.05) is 12.0 Å². The molecule has 0 amide bonds. The number of nitrogens with one attached hydrogen (secondary N) is 1. The minimum Gasteiger partial charge on any atom is -0.466 e. The molecule has 4 nitrogen and oxygen atoms in total. The molecular formula is C11H16N2O2. The van der Waals surface area contributed by atoms with Crippen molar-refractivity contribution in [3.05, 3.63) is 29.8 Å². The molecule has 0 aromatic heterocycles. The minimum absolute atomic E-state index is 0.203. The van der Waals surface area contributed by atoms with E-state index in [1.807, 2.05) is 31.2 Å². The first-order valence-electron chi connectivity index (χ1n) is 4.92. The van der Waals surface area contributed by atoms with Crippen molar-refractivity contribution in [2.45, 2.75) is 19.8 Å². The number of carbonyl (C=O) groups is 1. The van der Waals surface area contributed by atoms with Gasteiger partial charge in [-0.15, -0.1) is 0 Å². The summed E-state index contributed by atoms with van der Waals surface area (Å²) in [5, 5.41) is 0. The average Bonchev–Trinajstić information content (AvgIpc) is 2.28. The maximum absolute atomic E-state index is 11.4. The van der Waals surface area contributed by atoms with Gasteiger partial charge in [-0.05, 0) is 31.5 Å². The van der Waals surface area contributed by atoms with E-state index in [4.69, 9.17) is 10.6 Å². The van der Waals surface area contributed by atoms with Crippen LogP contribution in [0.2, 0.25) is 0 Å². The fraction of sp³-hybridized carbons (Fsp3) is 0.364. The van der Waals surface area contributed by atoms with Crippen molar-refractivity contribution in [3.63, 3.8) is 0 Å². The van der Waals surface area contributed by atoms with Gasteiger partial charge in [-0.2, -0.15) is 0 Å². The lowest BCUT2D eigenvalue weighted by atomic mass is 10.0. The summed E-state index contributed by atoms with van der Waals surface area (Å²) < 4.78 is 4.94. The van der Waals surface area contributed by atoms with Crippen molar-refractivity contribution >= 4 is 11.7 Å². The summed E-state index contributed by atoms with van der Waals surface area (Å²) in [7, 11) is 0. The molecule has 82 valence electrons. The quantitative estimate of drug-likeness (QED) is 0.448. The molecule has 1 aromatic rings. The summed E-state index contributed by atoms with van der Waals surface area (Å²) in [5.74, 6) is 4.80. The number of esters is 1. The average molecular weight is 208 g/mol. The van der Waals surface area contributed by atoms with E-state index in [-0.39, 0.29) is 11.9 Å². The summed E-state index contributed by atoms with van der Waals surface area (Å²) in [6.07, 6.45) is 0. The molecule has 0 aliphatic carbocycles. The van der Waals surface area contributed by atoms with Crippen molar-refractivity contribution in [2.24, 2.45) is 5.84 Å². The highest BCUT2D eigenvalue weighted by Crippen LogP contribution is 2.18. The van der Waals surface area contributed by atoms with Crippen LogP contribution in [0.25, 0.3) is 0 Å². The summed E-state index contributed by atoms with van der Waals surface area (Å²) in [4.78, 5) is 11.4. The number of nitrogens with two attached hydrogens (primary N) is 1. The number of rotatable bonds is 4. The number of hydrogen-bond donors (Lipinski definition) is 2. The number of ether oxygens (including phenoxy) is 1. The molecule has 1 unspecified atom stereocenters. The largest absolute Gasteiger partial charge is 0.466 e. The van der Waals surface area contributed by atoms with Gasteiger partial charge in [0.25, 0.3) is 0 Å². The Morgan fingerprint density at radius 3 is 2.53 bits per heavy atom. The molecule has 1 rings (SSSR count). The number of carbonyl (C=O) groups excluding carboxylic acids is 1. The fourth-order valence-electron chi connectivity index (χ4n) is 1.27. The smallest absolute Gasteiger partial charge is 0.313 e. The molecule has 0 spiro atoms. The summed E-state index contributed by atoms with van der Waals surface area (Å²) in [6.45, 7) is 4.03. The van der Waals surface area contributed by atoms with E-state index in [1.54, 1.807) is 6.92 Å². The van der Waals surface area contributed by atoms with Gasteiger partial charge < -0.3 is 10.2 Å². The van der Waals surface area contributed by atoms with E-state index < -0.39 is 0 Å². The van der Waals surface area contributed by atoms with Crippen LogP contribution in [0.5, 0.6) is 0 Å². The highest BCUT2D eigenvalue weighted by Gasteiger charge is 2.15. The Hall–Kier alpha value is -1.55. The van der Waals surface area contributed by atoms with Crippen LogP contribution < -0.4 is 11.3 Å². The summed E-state index contributed by atoms with van der Waals surface area (Å²) in [5.41, 5.74) is 4.27. The van der Waals surface area contributed by atoms with Crippen LogP contribution in [0, 0.1) is 0 Å². The van der Waals surface area contributed by atoms with Crippen molar-refractivity contribution < 1.29 is 9.53 Å². The molecule has 1 aromatic carbocycles. The van der Waals surface area contributed by atoms with Crippen LogP contribution in [0.4, 0.5) is 5.69 Å². The van der Waals surface area contributed by atoms with Gasteiger partial charge in [0, 0.05) is 5.69 Å². The lowest BCUT2D eigenvalue weighted by Gasteiger charge is -2.11. The van der Waals surface area contributed by atoms with Crippen LogP contribution in [0.1, 0.15) is 25.3 Å².